The van der Waals surface area contributed by atoms with Crippen molar-refractivity contribution in [1.29, 1.82) is 0 Å². The molecule has 12 nitrogen and oxygen atoms in total. The van der Waals surface area contributed by atoms with Crippen LogP contribution < -0.4 is 20.9 Å². The van der Waals surface area contributed by atoms with Crippen LogP contribution in [0.5, 0.6) is 11.5 Å². The monoisotopic (exact) mass is 916 g/mol. The number of esters is 2. The highest BCUT2D eigenvalue weighted by Crippen LogP contribution is 2.24. The van der Waals surface area contributed by atoms with Crippen LogP contribution in [0.4, 0.5) is 22.7 Å². The number of anilines is 2. The van der Waals surface area contributed by atoms with Gasteiger partial charge in [-0.2, -0.15) is 0 Å². The summed E-state index contributed by atoms with van der Waals surface area (Å²) in [6.45, 7) is 0. The highest BCUT2D eigenvalue weighted by atomic mass is 16.6. The van der Waals surface area contributed by atoms with Crippen LogP contribution in [-0.4, -0.2) is 21.8 Å². The highest BCUT2D eigenvalue weighted by Gasteiger charge is 2.21. The van der Waals surface area contributed by atoms with Crippen LogP contribution in [-0.2, 0) is 0 Å². The predicted octanol–water partition coefficient (Wildman–Crippen LogP) is 10.4. The van der Waals surface area contributed by atoms with Crippen LogP contribution in [0.25, 0.3) is 0 Å². The molecule has 0 fully saturated rings. The van der Waals surface area contributed by atoms with Crippen LogP contribution in [0.1, 0.15) is 65.2 Å². The van der Waals surface area contributed by atoms with Crippen molar-refractivity contribution >= 4 is 34.7 Å². The first kappa shape index (κ1) is 47.3. The maximum absolute atomic E-state index is 12.4. The van der Waals surface area contributed by atoms with Gasteiger partial charge in [-0.05, 0) is 140 Å². The number of nitrogen functional groups attached to an aromatic ring is 2. The fourth-order valence-corrected chi connectivity index (χ4v) is 6.16. The zero-order chi connectivity index (χ0) is 49.2. The summed E-state index contributed by atoms with van der Waals surface area (Å²) in [5, 5.41) is 22.0. The van der Waals surface area contributed by atoms with Crippen molar-refractivity contribution in [3.8, 4) is 58.9 Å². The van der Waals surface area contributed by atoms with Gasteiger partial charge in [0.25, 0.3) is 11.4 Å². The normalized spacial score (nSPS) is 9.71. The van der Waals surface area contributed by atoms with E-state index in [1.807, 2.05) is 109 Å². The minimum Gasteiger partial charge on any atom is -0.423 e. The van der Waals surface area contributed by atoms with Crippen molar-refractivity contribution in [2.24, 2.45) is 0 Å². The largest absolute Gasteiger partial charge is 0.423 e. The molecular weight excluding hydrogens is 881 g/mol. The SMILES string of the molecule is Nc1cc(N)cc(C(=O)Oc2ccc(C#Cc3ccc(C#Cc4ccccc4)cc3)cc2)c1.O=C(Oc1ccc(C#Cc2ccc(C#Cc3ccccc3)cc2)cc1)c1cc([N+](=O)[O-])cc([N+](=O)[O-])c1. The van der Waals surface area contributed by atoms with Gasteiger partial charge in [0, 0.05) is 68.0 Å². The molecule has 0 aliphatic carbocycles. The number of carbonyl (C=O) groups is 2. The Balaban J connectivity index is 0.000000208. The van der Waals surface area contributed by atoms with E-state index in [0.29, 0.717) is 28.3 Å². The number of ether oxygens (including phenoxy) is 2. The first-order valence-electron chi connectivity index (χ1n) is 21.1. The number of non-ortho nitro benzene ring substituents is 2. The quantitative estimate of drug-likeness (QED) is 0.0405. The minimum absolute atomic E-state index is 0.158. The Morgan fingerprint density at radius 2 is 0.614 bits per heavy atom. The molecule has 0 bridgehead atoms. The van der Waals surface area contributed by atoms with Crippen LogP contribution >= 0.6 is 0 Å². The van der Waals surface area contributed by atoms with E-state index in [1.54, 1.807) is 42.5 Å². The Morgan fingerprint density at radius 3 is 0.900 bits per heavy atom. The number of carbonyl (C=O) groups excluding carboxylic acids is 2. The molecule has 0 aliphatic rings. The van der Waals surface area contributed by atoms with E-state index >= 15 is 0 Å². The summed E-state index contributed by atoms with van der Waals surface area (Å²) in [7, 11) is 0. The molecule has 0 saturated carbocycles. The molecule has 0 aliphatic heterocycles. The second-order valence-corrected chi connectivity index (χ2v) is 14.9. The number of nitro benzene ring substituents is 2. The lowest BCUT2D eigenvalue weighted by molar-refractivity contribution is -0.394. The van der Waals surface area contributed by atoms with E-state index in [4.69, 9.17) is 20.9 Å². The maximum Gasteiger partial charge on any atom is 0.344 e. The molecule has 0 spiro atoms. The average Bonchev–Trinajstić information content (AvgIpc) is 3.38. The number of benzene rings is 8. The Labute approximate surface area is 402 Å². The van der Waals surface area contributed by atoms with Crippen molar-refractivity contribution in [2.75, 3.05) is 11.5 Å². The lowest BCUT2D eigenvalue weighted by atomic mass is 10.1. The van der Waals surface area contributed by atoms with E-state index in [2.05, 4.69) is 47.4 Å². The van der Waals surface area contributed by atoms with Gasteiger partial charge in [0.05, 0.1) is 27.0 Å². The molecule has 0 heterocycles. The molecule has 0 unspecified atom stereocenters. The molecule has 12 heteroatoms. The van der Waals surface area contributed by atoms with E-state index in [1.165, 1.54) is 24.3 Å². The Hall–Kier alpha value is -10.7. The van der Waals surface area contributed by atoms with Gasteiger partial charge in [-0.1, -0.05) is 83.8 Å². The molecule has 0 atom stereocenters. The second kappa shape index (κ2) is 23.0. The van der Waals surface area contributed by atoms with Crippen LogP contribution in [0, 0.1) is 67.6 Å². The van der Waals surface area contributed by atoms with Gasteiger partial charge in [0.2, 0.25) is 0 Å². The van der Waals surface area contributed by atoms with E-state index in [-0.39, 0.29) is 11.3 Å². The molecule has 0 radical (unpaired) electrons. The molecular formula is C58H36N4O8. The number of nitrogens with two attached hydrogens (primary N) is 2. The average molecular weight is 917 g/mol. The zero-order valence-corrected chi connectivity index (χ0v) is 36.8. The minimum atomic E-state index is -0.957. The summed E-state index contributed by atoms with van der Waals surface area (Å²) >= 11 is 0. The molecule has 4 N–H and O–H groups in total. The van der Waals surface area contributed by atoms with E-state index in [9.17, 15) is 29.8 Å². The number of nitro groups is 2. The molecule has 8 aromatic rings. The summed E-state index contributed by atoms with van der Waals surface area (Å²) in [5.74, 6) is 23.9. The Morgan fingerprint density at radius 1 is 0.357 bits per heavy atom. The van der Waals surface area contributed by atoms with Gasteiger partial charge < -0.3 is 20.9 Å². The fourth-order valence-electron chi connectivity index (χ4n) is 6.16. The zero-order valence-electron chi connectivity index (χ0n) is 36.8. The van der Waals surface area contributed by atoms with Gasteiger partial charge >= 0.3 is 11.9 Å². The van der Waals surface area contributed by atoms with Crippen molar-refractivity contribution < 1.29 is 28.9 Å². The third-order valence-corrected chi connectivity index (χ3v) is 9.63. The molecule has 8 aromatic carbocycles. The summed E-state index contributed by atoms with van der Waals surface area (Å²) < 4.78 is 10.6. The summed E-state index contributed by atoms with van der Waals surface area (Å²) in [4.78, 5) is 45.1. The van der Waals surface area contributed by atoms with Crippen LogP contribution in [0.3, 0.4) is 0 Å². The van der Waals surface area contributed by atoms with Crippen molar-refractivity contribution in [1.82, 2.24) is 0 Å². The second-order valence-electron chi connectivity index (χ2n) is 14.9. The van der Waals surface area contributed by atoms with Gasteiger partial charge in [-0.3, -0.25) is 20.2 Å². The summed E-state index contributed by atoms with van der Waals surface area (Å²) in [6, 6.07) is 55.4. The van der Waals surface area contributed by atoms with Crippen LogP contribution in [0.15, 0.2) is 194 Å². The maximum atomic E-state index is 12.4. The van der Waals surface area contributed by atoms with E-state index in [0.717, 1.165) is 57.1 Å². The predicted molar refractivity (Wildman–Crippen MR) is 268 cm³/mol. The molecule has 336 valence electrons. The number of hydrogen-bond acceptors (Lipinski definition) is 10. The highest BCUT2D eigenvalue weighted by molar-refractivity contribution is 5.93. The van der Waals surface area contributed by atoms with Crippen LogP contribution in [0.2, 0.25) is 0 Å². The van der Waals surface area contributed by atoms with Gasteiger partial charge in [-0.25, -0.2) is 9.59 Å². The Kier molecular flexibility index (Phi) is 15.5. The molecule has 0 aromatic heterocycles. The first-order valence-corrected chi connectivity index (χ1v) is 21.1. The van der Waals surface area contributed by atoms with Gasteiger partial charge in [0.1, 0.15) is 11.5 Å². The standard InChI is InChI=1S/C29H16N2O6.C29H20N2O2/c32-29(25-18-26(30(33)34)20-27(19-25)31(35)36)37-28-16-14-24(15-17-28)13-12-23-10-8-22(9-11-23)7-6-21-4-2-1-3-5-21;30-26-18-25(19-27(31)20-26)29(32)33-28-16-14-24(15-17-28)13-12-23-10-8-22(9-11-23)7-6-21-4-2-1-3-5-21/h1-5,8-11,14-20H;1-5,8-11,14-20H,30-31H2. The number of hydrogen-bond donors (Lipinski definition) is 2. The third-order valence-electron chi connectivity index (χ3n) is 9.63. The third kappa shape index (κ3) is 14.2. The van der Waals surface area contributed by atoms with E-state index < -0.39 is 33.2 Å². The topological polar surface area (TPSA) is 191 Å². The number of nitrogens with zero attached hydrogens (tertiary/aromatic N) is 2. The Bertz CT molecular complexity index is 3430. The lowest BCUT2D eigenvalue weighted by Crippen LogP contribution is -2.09. The van der Waals surface area contributed by atoms with Crippen molar-refractivity contribution in [2.45, 2.75) is 0 Å². The molecule has 0 saturated heterocycles. The van der Waals surface area contributed by atoms with Crippen molar-refractivity contribution in [3.05, 3.63) is 270 Å². The number of rotatable bonds is 6. The first-order chi connectivity index (χ1) is 33.9. The molecule has 0 amide bonds. The smallest absolute Gasteiger partial charge is 0.344 e. The molecule has 8 rings (SSSR count). The summed E-state index contributed by atoms with van der Waals surface area (Å²) in [5.41, 5.74) is 18.0. The van der Waals surface area contributed by atoms with Crippen molar-refractivity contribution in [3.63, 3.8) is 0 Å². The fraction of sp³-hybridized carbons (Fsp3) is 0. The lowest BCUT2D eigenvalue weighted by Gasteiger charge is -2.06. The summed E-state index contributed by atoms with van der Waals surface area (Å²) in [6.07, 6.45) is 0. The molecule has 70 heavy (non-hydrogen) atoms. The van der Waals surface area contributed by atoms with Gasteiger partial charge in [0.15, 0.2) is 0 Å². The van der Waals surface area contributed by atoms with Gasteiger partial charge in [-0.15, -0.1) is 0 Å².